The van der Waals surface area contributed by atoms with Crippen molar-refractivity contribution in [1.29, 1.82) is 0 Å². The van der Waals surface area contributed by atoms with Gasteiger partial charge in [-0.1, -0.05) is 12.2 Å². The second-order valence-corrected chi connectivity index (χ2v) is 3.50. The van der Waals surface area contributed by atoms with Crippen molar-refractivity contribution in [2.45, 2.75) is 18.2 Å². The average molecular weight is 153 g/mol. The van der Waals surface area contributed by atoms with E-state index in [0.29, 0.717) is 5.37 Å². The minimum atomic E-state index is 0.385. The van der Waals surface area contributed by atoms with Gasteiger partial charge in [-0.25, -0.2) is 0 Å². The molecule has 1 saturated heterocycles. The highest BCUT2D eigenvalue weighted by molar-refractivity contribution is 7.80. The molecule has 2 aliphatic rings. The van der Waals surface area contributed by atoms with Gasteiger partial charge in [-0.05, 0) is 18.9 Å². The molecule has 0 saturated carbocycles. The second-order valence-electron chi connectivity index (χ2n) is 2.88. The summed E-state index contributed by atoms with van der Waals surface area (Å²) in [7, 11) is 0. The van der Waals surface area contributed by atoms with Crippen molar-refractivity contribution in [3.8, 4) is 0 Å². The Morgan fingerprint density at radius 2 is 2.50 bits per heavy atom. The van der Waals surface area contributed by atoms with Crippen molar-refractivity contribution in [1.82, 2.24) is 5.32 Å². The molecule has 2 unspecified atom stereocenters. The number of hydrogen-bond donors (Lipinski definition) is 2. The van der Waals surface area contributed by atoms with Gasteiger partial charge in [0.2, 0.25) is 0 Å². The molecule has 1 nitrogen and oxygen atoms in total. The fourth-order valence-corrected chi connectivity index (χ4v) is 1.99. The number of thiol groups is 1. The van der Waals surface area contributed by atoms with E-state index in [-0.39, 0.29) is 0 Å². The minimum absolute atomic E-state index is 0.385. The molecule has 1 fully saturated rings. The van der Waals surface area contributed by atoms with E-state index >= 15 is 0 Å². The largest absolute Gasteiger partial charge is 0.377 e. The predicted octanol–water partition coefficient (Wildman–Crippen LogP) is 1.70. The number of rotatable bonds is 0. The summed E-state index contributed by atoms with van der Waals surface area (Å²) in [4.78, 5) is 0. The highest BCUT2D eigenvalue weighted by Crippen LogP contribution is 2.30. The van der Waals surface area contributed by atoms with E-state index in [1.54, 1.807) is 0 Å². The van der Waals surface area contributed by atoms with Crippen LogP contribution in [0.1, 0.15) is 12.8 Å². The normalized spacial score (nSPS) is 36.7. The quantitative estimate of drug-likeness (QED) is 0.505. The number of fused-ring (bicyclic) bond motifs is 1. The van der Waals surface area contributed by atoms with Gasteiger partial charge in [0.25, 0.3) is 0 Å². The lowest BCUT2D eigenvalue weighted by atomic mass is 9.97. The maximum atomic E-state index is 4.37. The summed E-state index contributed by atoms with van der Waals surface area (Å²) in [6.07, 6.45) is 8.87. The minimum Gasteiger partial charge on any atom is -0.377 e. The highest BCUT2D eigenvalue weighted by Gasteiger charge is 2.25. The molecule has 0 radical (unpaired) electrons. The van der Waals surface area contributed by atoms with Gasteiger partial charge in [-0.3, -0.25) is 0 Å². The van der Waals surface area contributed by atoms with Crippen molar-refractivity contribution < 1.29 is 0 Å². The molecule has 0 aromatic carbocycles. The Kier molecular flexibility index (Phi) is 1.49. The SMILES string of the molecule is SC1CC2CC=CC=C2N1. The number of hydrogen-bond acceptors (Lipinski definition) is 2. The first kappa shape index (κ1) is 6.35. The van der Waals surface area contributed by atoms with E-state index < -0.39 is 0 Å². The Labute approximate surface area is 66.6 Å². The lowest BCUT2D eigenvalue weighted by Crippen LogP contribution is -2.13. The maximum Gasteiger partial charge on any atom is 0.0696 e. The van der Waals surface area contributed by atoms with Gasteiger partial charge in [-0.15, -0.1) is 0 Å². The van der Waals surface area contributed by atoms with Crippen molar-refractivity contribution in [3.05, 3.63) is 23.9 Å². The summed E-state index contributed by atoms with van der Waals surface area (Å²) < 4.78 is 0. The maximum absolute atomic E-state index is 4.37. The van der Waals surface area contributed by atoms with Crippen LogP contribution in [-0.2, 0) is 0 Å². The van der Waals surface area contributed by atoms with Gasteiger partial charge in [0.15, 0.2) is 0 Å². The van der Waals surface area contributed by atoms with Gasteiger partial charge in [0, 0.05) is 11.6 Å². The summed E-state index contributed by atoms with van der Waals surface area (Å²) in [6, 6.07) is 0. The van der Waals surface area contributed by atoms with E-state index in [9.17, 15) is 0 Å². The van der Waals surface area contributed by atoms with E-state index in [2.05, 4.69) is 36.2 Å². The van der Waals surface area contributed by atoms with Crippen molar-refractivity contribution in [3.63, 3.8) is 0 Å². The van der Waals surface area contributed by atoms with Crippen LogP contribution in [0.2, 0.25) is 0 Å². The average Bonchev–Trinajstić information content (AvgIpc) is 2.27. The molecule has 2 heteroatoms. The van der Waals surface area contributed by atoms with Crippen LogP contribution in [0.3, 0.4) is 0 Å². The van der Waals surface area contributed by atoms with E-state index in [0.717, 1.165) is 5.92 Å². The fourth-order valence-electron chi connectivity index (χ4n) is 1.59. The standard InChI is InChI=1S/C8H11NS/c10-8-5-6-3-1-2-4-7(6)9-8/h1-2,4,6,8-10H,3,5H2. The first-order chi connectivity index (χ1) is 4.86. The smallest absolute Gasteiger partial charge is 0.0696 e. The van der Waals surface area contributed by atoms with E-state index in [4.69, 9.17) is 0 Å². The molecule has 1 aliphatic carbocycles. The fraction of sp³-hybridized carbons (Fsp3) is 0.500. The van der Waals surface area contributed by atoms with Crippen LogP contribution in [0.5, 0.6) is 0 Å². The molecule has 1 aliphatic heterocycles. The van der Waals surface area contributed by atoms with Crippen LogP contribution in [0.25, 0.3) is 0 Å². The lowest BCUT2D eigenvalue weighted by Gasteiger charge is -2.10. The molecule has 0 bridgehead atoms. The predicted molar refractivity (Wildman–Crippen MR) is 45.9 cm³/mol. The molecule has 0 aromatic heterocycles. The van der Waals surface area contributed by atoms with Crippen LogP contribution in [0.4, 0.5) is 0 Å². The molecule has 0 aromatic rings. The summed E-state index contributed by atoms with van der Waals surface area (Å²) in [5, 5.41) is 3.72. The Balaban J connectivity index is 2.18. The zero-order chi connectivity index (χ0) is 6.97. The van der Waals surface area contributed by atoms with Gasteiger partial charge in [0.1, 0.15) is 0 Å². The molecule has 0 spiro atoms. The van der Waals surface area contributed by atoms with Crippen molar-refractivity contribution in [2.24, 2.45) is 5.92 Å². The van der Waals surface area contributed by atoms with Gasteiger partial charge >= 0.3 is 0 Å². The Morgan fingerprint density at radius 1 is 1.60 bits per heavy atom. The van der Waals surface area contributed by atoms with Crippen LogP contribution in [0.15, 0.2) is 23.9 Å². The Hall–Kier alpha value is -0.370. The summed E-state index contributed by atoms with van der Waals surface area (Å²) in [5.74, 6) is 0.729. The van der Waals surface area contributed by atoms with Crippen LogP contribution < -0.4 is 5.32 Å². The Morgan fingerprint density at radius 3 is 3.30 bits per heavy atom. The van der Waals surface area contributed by atoms with Crippen molar-refractivity contribution in [2.75, 3.05) is 0 Å². The van der Waals surface area contributed by atoms with E-state index in [1.807, 2.05) is 0 Å². The molecule has 1 N–H and O–H groups in total. The molecular weight excluding hydrogens is 142 g/mol. The Bertz CT molecular complexity index is 195. The third kappa shape index (κ3) is 0.966. The number of nitrogens with one attached hydrogen (secondary N) is 1. The summed E-state index contributed by atoms with van der Waals surface area (Å²) in [5.41, 5.74) is 1.38. The number of allylic oxidation sites excluding steroid dienone is 4. The molecule has 1 heterocycles. The zero-order valence-electron chi connectivity index (χ0n) is 5.75. The third-order valence-electron chi connectivity index (χ3n) is 2.11. The van der Waals surface area contributed by atoms with Crippen LogP contribution in [-0.4, -0.2) is 5.37 Å². The molecule has 10 heavy (non-hydrogen) atoms. The van der Waals surface area contributed by atoms with Gasteiger partial charge in [-0.2, -0.15) is 12.6 Å². The second kappa shape index (κ2) is 2.35. The highest BCUT2D eigenvalue weighted by atomic mass is 32.1. The summed E-state index contributed by atoms with van der Waals surface area (Å²) >= 11 is 4.37. The topological polar surface area (TPSA) is 12.0 Å². The van der Waals surface area contributed by atoms with E-state index in [1.165, 1.54) is 18.5 Å². The van der Waals surface area contributed by atoms with Gasteiger partial charge in [0.05, 0.1) is 5.37 Å². The van der Waals surface area contributed by atoms with Crippen LogP contribution in [0, 0.1) is 5.92 Å². The van der Waals surface area contributed by atoms with Crippen LogP contribution >= 0.6 is 12.6 Å². The van der Waals surface area contributed by atoms with Gasteiger partial charge < -0.3 is 5.32 Å². The zero-order valence-corrected chi connectivity index (χ0v) is 6.64. The summed E-state index contributed by atoms with van der Waals surface area (Å²) in [6.45, 7) is 0. The van der Waals surface area contributed by atoms with Crippen molar-refractivity contribution >= 4 is 12.6 Å². The first-order valence-corrected chi connectivity index (χ1v) is 4.19. The molecule has 2 atom stereocenters. The first-order valence-electron chi connectivity index (χ1n) is 3.67. The molecule has 54 valence electrons. The molecular formula is C8H11NS. The third-order valence-corrected chi connectivity index (χ3v) is 2.45. The molecule has 0 amide bonds. The molecule has 2 rings (SSSR count). The monoisotopic (exact) mass is 153 g/mol. The lowest BCUT2D eigenvalue weighted by molar-refractivity contribution is 0.638.